The van der Waals surface area contributed by atoms with Gasteiger partial charge < -0.3 is 39.2 Å². The van der Waals surface area contributed by atoms with Crippen molar-refractivity contribution in [3.8, 4) is 5.75 Å². The second-order valence-electron chi connectivity index (χ2n) is 14.9. The molecule has 1 heterocycles. The molecule has 0 saturated heterocycles. The largest absolute Gasteiger partial charge is 0.494 e. The van der Waals surface area contributed by atoms with E-state index in [0.717, 1.165) is 38.5 Å². The van der Waals surface area contributed by atoms with Gasteiger partial charge in [0.2, 0.25) is 0 Å². The molecule has 0 aliphatic heterocycles. The summed E-state index contributed by atoms with van der Waals surface area (Å²) in [4.78, 5) is 65.7. The number of amides is 1. The van der Waals surface area contributed by atoms with Crippen LogP contribution < -0.4 is 10.1 Å². The topological polar surface area (TPSA) is 244 Å². The average Bonchev–Trinajstić information content (AvgIpc) is 3.24. The maximum Gasteiger partial charge on any atom is 0.329 e. The number of aromatic nitrogens is 2. The fourth-order valence-electron chi connectivity index (χ4n) is 6.03. The number of aliphatic carboxylic acids is 2. The number of nitrogens with one attached hydrogen (secondary N) is 1. The first-order valence-corrected chi connectivity index (χ1v) is 23.4. The first kappa shape index (κ1) is 53.8. The standard InChI is InChI=1S/C44H67N3O14S/c48-37(16-14-23-57-26-28-59-33-38(49)17-15-24-58-27-29-60-34-43(52)53)32-47-44(54)36-30-45-41(46-31-36)35-62(55,56)40-21-19-39(20-22-40)61-25-13-11-9-7-5-3-1-2-4-6-8-10-12-18-42(50)51/h19-22,30-31H,1-18,23-29,32-35H2,(H,47,54)(H,50,51)(H,52,53). The fraction of sp³-hybridized carbons (Fsp3) is 0.659. The van der Waals surface area contributed by atoms with Crippen LogP contribution in [0.5, 0.6) is 5.75 Å². The van der Waals surface area contributed by atoms with E-state index < -0.39 is 33.4 Å². The van der Waals surface area contributed by atoms with E-state index in [4.69, 9.17) is 33.9 Å². The highest BCUT2D eigenvalue weighted by molar-refractivity contribution is 7.90. The van der Waals surface area contributed by atoms with Gasteiger partial charge in [0.15, 0.2) is 21.4 Å². The van der Waals surface area contributed by atoms with Crippen LogP contribution >= 0.6 is 0 Å². The molecule has 2 aromatic rings. The zero-order chi connectivity index (χ0) is 45.1. The average molecular weight is 894 g/mol. The van der Waals surface area contributed by atoms with Gasteiger partial charge in [-0.3, -0.25) is 19.2 Å². The third-order valence-corrected chi connectivity index (χ3v) is 11.1. The molecule has 62 heavy (non-hydrogen) atoms. The highest BCUT2D eigenvalue weighted by atomic mass is 32.2. The maximum atomic E-state index is 13.0. The molecule has 0 aliphatic rings. The predicted octanol–water partition coefficient (Wildman–Crippen LogP) is 5.95. The predicted molar refractivity (Wildman–Crippen MR) is 229 cm³/mol. The van der Waals surface area contributed by atoms with Crippen LogP contribution in [0.3, 0.4) is 0 Å². The van der Waals surface area contributed by atoms with Crippen LogP contribution in [0.4, 0.5) is 0 Å². The van der Waals surface area contributed by atoms with Gasteiger partial charge >= 0.3 is 11.9 Å². The quantitative estimate of drug-likeness (QED) is 0.0653. The summed E-state index contributed by atoms with van der Waals surface area (Å²) in [6.07, 6.45) is 18.8. The van der Waals surface area contributed by atoms with Crippen LogP contribution in [-0.4, -0.2) is 124 Å². The molecule has 1 aromatic heterocycles. The Morgan fingerprint density at radius 1 is 0.532 bits per heavy atom. The number of carbonyl (C=O) groups is 5. The van der Waals surface area contributed by atoms with Gasteiger partial charge in [0, 0.05) is 44.9 Å². The van der Waals surface area contributed by atoms with E-state index in [-0.39, 0.29) is 86.9 Å². The molecule has 0 fully saturated rings. The second-order valence-corrected chi connectivity index (χ2v) is 16.9. The van der Waals surface area contributed by atoms with Crippen LogP contribution in [0, 0.1) is 0 Å². The molecular formula is C44H67N3O14S. The number of ketones is 2. The Kier molecular flexibility index (Phi) is 29.6. The van der Waals surface area contributed by atoms with Crippen molar-refractivity contribution in [2.75, 3.05) is 66.0 Å². The number of rotatable bonds is 41. The maximum absolute atomic E-state index is 13.0. The third kappa shape index (κ3) is 28.3. The molecule has 0 aliphatic carbocycles. The van der Waals surface area contributed by atoms with Crippen molar-refractivity contribution in [1.29, 1.82) is 0 Å². The van der Waals surface area contributed by atoms with Crippen molar-refractivity contribution in [3.63, 3.8) is 0 Å². The van der Waals surface area contributed by atoms with E-state index in [1.54, 1.807) is 12.1 Å². The van der Waals surface area contributed by atoms with Gasteiger partial charge in [0.05, 0.1) is 50.0 Å². The van der Waals surface area contributed by atoms with E-state index in [0.29, 0.717) is 44.8 Å². The molecule has 0 radical (unpaired) electrons. The van der Waals surface area contributed by atoms with Crippen molar-refractivity contribution in [3.05, 3.63) is 48.0 Å². The number of carboxylic acid groups (broad SMARTS) is 2. The summed E-state index contributed by atoms with van der Waals surface area (Å²) < 4.78 is 52.7. The van der Waals surface area contributed by atoms with Crippen molar-refractivity contribution in [2.24, 2.45) is 0 Å². The molecule has 0 bridgehead atoms. The van der Waals surface area contributed by atoms with E-state index in [1.807, 2.05) is 0 Å². The van der Waals surface area contributed by atoms with Crippen LogP contribution in [0.15, 0.2) is 41.6 Å². The summed E-state index contributed by atoms with van der Waals surface area (Å²) in [5.74, 6) is -2.44. The highest BCUT2D eigenvalue weighted by Crippen LogP contribution is 2.20. The first-order chi connectivity index (χ1) is 30.0. The molecule has 3 N–H and O–H groups in total. The number of ether oxygens (including phenoxy) is 5. The number of nitrogens with zero attached hydrogens (tertiary/aromatic N) is 2. The zero-order valence-electron chi connectivity index (χ0n) is 36.1. The molecule has 2 rings (SSSR count). The van der Waals surface area contributed by atoms with E-state index >= 15 is 0 Å². The summed E-state index contributed by atoms with van der Waals surface area (Å²) in [5.41, 5.74) is 0.0849. The minimum atomic E-state index is -3.76. The molecule has 348 valence electrons. The highest BCUT2D eigenvalue weighted by Gasteiger charge is 2.18. The number of sulfone groups is 1. The summed E-state index contributed by atoms with van der Waals surface area (Å²) >= 11 is 0. The Hall–Kier alpha value is -4.36. The molecule has 1 amide bonds. The fourth-order valence-corrected chi connectivity index (χ4v) is 7.23. The van der Waals surface area contributed by atoms with Gasteiger partial charge in [-0.05, 0) is 49.9 Å². The third-order valence-electron chi connectivity index (χ3n) is 9.44. The molecule has 0 unspecified atom stereocenters. The van der Waals surface area contributed by atoms with Crippen LogP contribution in [-0.2, 0) is 53.7 Å². The number of unbranched alkanes of at least 4 members (excludes halogenated alkanes) is 12. The minimum Gasteiger partial charge on any atom is -0.494 e. The van der Waals surface area contributed by atoms with Gasteiger partial charge in [0.1, 0.15) is 30.5 Å². The summed E-state index contributed by atoms with van der Waals surface area (Å²) in [6, 6.07) is 6.24. The Balaban J connectivity index is 1.49. The van der Waals surface area contributed by atoms with Crippen LogP contribution in [0.25, 0.3) is 0 Å². The van der Waals surface area contributed by atoms with Crippen molar-refractivity contribution < 1.29 is 66.3 Å². The number of carboxylic acids is 2. The van der Waals surface area contributed by atoms with Gasteiger partial charge in [-0.15, -0.1) is 0 Å². The first-order valence-electron chi connectivity index (χ1n) is 21.8. The summed E-state index contributed by atoms with van der Waals surface area (Å²) in [6.45, 7) is 1.47. The number of carbonyl (C=O) groups excluding carboxylic acids is 3. The van der Waals surface area contributed by atoms with Crippen molar-refractivity contribution >= 4 is 39.2 Å². The smallest absolute Gasteiger partial charge is 0.329 e. The lowest BCUT2D eigenvalue weighted by Crippen LogP contribution is -2.29. The van der Waals surface area contributed by atoms with Crippen molar-refractivity contribution in [1.82, 2.24) is 15.3 Å². The number of hydrogen-bond donors (Lipinski definition) is 3. The van der Waals surface area contributed by atoms with Gasteiger partial charge in [-0.1, -0.05) is 70.6 Å². The molecule has 17 nitrogen and oxygen atoms in total. The normalized spacial score (nSPS) is 11.4. The lowest BCUT2D eigenvalue weighted by atomic mass is 10.0. The SMILES string of the molecule is O=C(O)CCCCCCCCCCCCCCCOc1ccc(S(=O)(=O)Cc2ncc(C(=O)NCC(=O)CCCOCCOCC(=O)CCCOCCOCC(=O)O)cn2)cc1. The van der Waals surface area contributed by atoms with E-state index in [9.17, 15) is 32.4 Å². The van der Waals surface area contributed by atoms with Crippen molar-refractivity contribution in [2.45, 2.75) is 126 Å². The Morgan fingerprint density at radius 2 is 1.03 bits per heavy atom. The number of benzene rings is 1. The number of Topliss-reactive ketones (excluding diaryl/α,β-unsaturated/α-hetero) is 2. The van der Waals surface area contributed by atoms with E-state index in [2.05, 4.69) is 15.3 Å². The molecule has 0 atom stereocenters. The number of hydrogen-bond acceptors (Lipinski definition) is 14. The Bertz CT molecular complexity index is 1670. The summed E-state index contributed by atoms with van der Waals surface area (Å²) in [5, 5.41) is 19.7. The summed E-state index contributed by atoms with van der Waals surface area (Å²) in [7, 11) is -3.76. The monoisotopic (exact) mass is 893 g/mol. The lowest BCUT2D eigenvalue weighted by Gasteiger charge is -2.08. The molecular weight excluding hydrogens is 827 g/mol. The van der Waals surface area contributed by atoms with Crippen LogP contribution in [0.2, 0.25) is 0 Å². The molecule has 1 aromatic carbocycles. The van der Waals surface area contributed by atoms with Gasteiger partial charge in [-0.2, -0.15) is 0 Å². The Labute approximate surface area is 365 Å². The Morgan fingerprint density at radius 3 is 1.58 bits per heavy atom. The second kappa shape index (κ2) is 34.2. The molecule has 18 heteroatoms. The van der Waals surface area contributed by atoms with Gasteiger partial charge in [-0.25, -0.2) is 23.2 Å². The molecule has 0 spiro atoms. The van der Waals surface area contributed by atoms with Crippen LogP contribution in [0.1, 0.15) is 132 Å². The minimum absolute atomic E-state index is 0.0257. The van der Waals surface area contributed by atoms with E-state index in [1.165, 1.54) is 69.5 Å². The molecule has 0 saturated carbocycles. The zero-order valence-corrected chi connectivity index (χ0v) is 36.9. The lowest BCUT2D eigenvalue weighted by molar-refractivity contribution is -0.143. The van der Waals surface area contributed by atoms with Gasteiger partial charge in [0.25, 0.3) is 5.91 Å².